The summed E-state index contributed by atoms with van der Waals surface area (Å²) in [6.45, 7) is 5.75. The molecule has 1 saturated heterocycles. The van der Waals surface area contributed by atoms with Crippen LogP contribution in [0, 0.1) is 0 Å². The molecule has 0 bridgehead atoms. The highest BCUT2D eigenvalue weighted by Crippen LogP contribution is 2.06. The van der Waals surface area contributed by atoms with Crippen LogP contribution in [0.5, 0.6) is 0 Å². The van der Waals surface area contributed by atoms with E-state index < -0.39 is 17.9 Å². The second-order valence-electron chi connectivity index (χ2n) is 4.44. The predicted octanol–water partition coefficient (Wildman–Crippen LogP) is 0.364. The number of carboxylic acid groups (broad SMARTS) is 1. The fraction of sp³-hybridized carbons (Fsp3) is 0.583. The van der Waals surface area contributed by atoms with Crippen molar-refractivity contribution in [3.63, 3.8) is 0 Å². The number of rotatable bonds is 2. The van der Waals surface area contributed by atoms with Gasteiger partial charge in [0.15, 0.2) is 0 Å². The molecule has 106 valence electrons. The third-order valence-corrected chi connectivity index (χ3v) is 2.97. The molecule has 7 nitrogen and oxygen atoms in total. The Balaban J connectivity index is 2.64. The fourth-order valence-electron chi connectivity index (χ4n) is 1.60. The van der Waals surface area contributed by atoms with Crippen molar-refractivity contribution >= 4 is 17.9 Å². The molecule has 1 fully saturated rings. The van der Waals surface area contributed by atoms with Crippen LogP contribution in [0.4, 0.5) is 4.79 Å². The Morgan fingerprint density at radius 3 is 2.42 bits per heavy atom. The van der Waals surface area contributed by atoms with Gasteiger partial charge >= 0.3 is 12.0 Å². The van der Waals surface area contributed by atoms with Crippen molar-refractivity contribution < 1.29 is 24.2 Å². The Bertz CT molecular complexity index is 430. The highest BCUT2D eigenvalue weighted by atomic mass is 16.5. The smallest absolute Gasteiger partial charge is 0.331 e. The zero-order valence-corrected chi connectivity index (χ0v) is 11.2. The van der Waals surface area contributed by atoms with E-state index in [-0.39, 0.29) is 17.3 Å². The molecule has 1 aliphatic rings. The van der Waals surface area contributed by atoms with Gasteiger partial charge in [0, 0.05) is 24.2 Å². The van der Waals surface area contributed by atoms with Gasteiger partial charge in [-0.05, 0) is 20.8 Å². The van der Waals surface area contributed by atoms with Crippen molar-refractivity contribution in [2.24, 2.45) is 0 Å². The number of hydrogen-bond acceptors (Lipinski definition) is 4. The number of nitrogens with one attached hydrogen (secondary N) is 1. The van der Waals surface area contributed by atoms with Crippen molar-refractivity contribution in [2.45, 2.75) is 26.9 Å². The normalized spacial score (nSPS) is 20.6. The lowest BCUT2D eigenvalue weighted by Gasteiger charge is -2.30. The lowest BCUT2D eigenvalue weighted by Crippen LogP contribution is -2.50. The van der Waals surface area contributed by atoms with Gasteiger partial charge in [-0.1, -0.05) is 0 Å². The van der Waals surface area contributed by atoms with Crippen molar-refractivity contribution in [1.82, 2.24) is 10.2 Å². The second-order valence-corrected chi connectivity index (χ2v) is 4.44. The minimum atomic E-state index is -1.18. The van der Waals surface area contributed by atoms with E-state index in [1.807, 2.05) is 6.92 Å². The summed E-state index contributed by atoms with van der Waals surface area (Å²) in [6.07, 6.45) is -0.0769. The number of carboxylic acids is 1. The minimum absolute atomic E-state index is 0.0159. The fourth-order valence-corrected chi connectivity index (χ4v) is 1.60. The number of urea groups is 1. The van der Waals surface area contributed by atoms with E-state index in [1.54, 1.807) is 0 Å². The lowest BCUT2D eigenvalue weighted by atomic mass is 10.1. The third kappa shape index (κ3) is 4.06. The van der Waals surface area contributed by atoms with E-state index in [4.69, 9.17) is 9.84 Å². The largest absolute Gasteiger partial charge is 0.478 e. The predicted molar refractivity (Wildman–Crippen MR) is 66.5 cm³/mol. The van der Waals surface area contributed by atoms with E-state index in [2.05, 4.69) is 5.32 Å². The monoisotopic (exact) mass is 270 g/mol. The summed E-state index contributed by atoms with van der Waals surface area (Å²) in [5.41, 5.74) is -0.0668. The number of carbonyl (C=O) groups is 3. The average Bonchev–Trinajstić information content (AvgIpc) is 2.36. The lowest BCUT2D eigenvalue weighted by molar-refractivity contribution is -0.133. The molecule has 0 aromatic heterocycles. The Kier molecular flexibility index (Phi) is 5.05. The number of amides is 3. The van der Waals surface area contributed by atoms with Crippen LogP contribution in [-0.4, -0.2) is 53.7 Å². The summed E-state index contributed by atoms with van der Waals surface area (Å²) in [5, 5.41) is 10.9. The first kappa shape index (κ1) is 15.2. The molecule has 0 saturated carbocycles. The van der Waals surface area contributed by atoms with Gasteiger partial charge in [0.05, 0.1) is 12.7 Å². The van der Waals surface area contributed by atoms with Gasteiger partial charge in [0.2, 0.25) is 0 Å². The van der Waals surface area contributed by atoms with Crippen LogP contribution in [0.2, 0.25) is 0 Å². The number of nitrogens with zero attached hydrogens (tertiary/aromatic N) is 1. The number of aliphatic carboxylic acids is 1. The molecule has 0 spiro atoms. The van der Waals surface area contributed by atoms with E-state index >= 15 is 0 Å². The van der Waals surface area contributed by atoms with E-state index in [9.17, 15) is 14.4 Å². The first-order valence-corrected chi connectivity index (χ1v) is 5.95. The number of imide groups is 1. The molecule has 1 heterocycles. The molecular formula is C12H18N2O5. The van der Waals surface area contributed by atoms with Crippen LogP contribution in [0.15, 0.2) is 11.1 Å². The number of hydrogen-bond donors (Lipinski definition) is 2. The van der Waals surface area contributed by atoms with Gasteiger partial charge in [-0.3, -0.25) is 10.1 Å². The van der Waals surface area contributed by atoms with Gasteiger partial charge in [0.25, 0.3) is 5.91 Å². The quantitative estimate of drug-likeness (QED) is 0.706. The first-order valence-electron chi connectivity index (χ1n) is 5.95. The molecule has 0 aromatic rings. The van der Waals surface area contributed by atoms with Crippen LogP contribution < -0.4 is 5.32 Å². The molecule has 7 heteroatoms. The highest BCUT2D eigenvalue weighted by Gasteiger charge is 2.23. The molecule has 19 heavy (non-hydrogen) atoms. The molecule has 3 amide bonds. The van der Waals surface area contributed by atoms with Gasteiger partial charge in [-0.15, -0.1) is 0 Å². The summed E-state index contributed by atoms with van der Waals surface area (Å²) >= 11 is 0. The number of morpholine rings is 1. The van der Waals surface area contributed by atoms with E-state index in [0.717, 1.165) is 0 Å². The van der Waals surface area contributed by atoms with Crippen molar-refractivity contribution in [3.8, 4) is 0 Å². The molecule has 1 unspecified atom stereocenters. The Labute approximate surface area is 111 Å². The van der Waals surface area contributed by atoms with Crippen LogP contribution in [0.3, 0.4) is 0 Å². The van der Waals surface area contributed by atoms with E-state index in [0.29, 0.717) is 19.7 Å². The van der Waals surface area contributed by atoms with Gasteiger partial charge < -0.3 is 14.7 Å². The third-order valence-electron chi connectivity index (χ3n) is 2.97. The van der Waals surface area contributed by atoms with Gasteiger partial charge in [-0.25, -0.2) is 9.59 Å². The summed E-state index contributed by atoms with van der Waals surface area (Å²) in [7, 11) is 0. The van der Waals surface area contributed by atoms with Gasteiger partial charge in [-0.2, -0.15) is 0 Å². The maximum atomic E-state index is 11.8. The van der Waals surface area contributed by atoms with Crippen LogP contribution >= 0.6 is 0 Å². The summed E-state index contributed by atoms with van der Waals surface area (Å²) in [5.74, 6) is -1.87. The number of ether oxygens (including phenoxy) is 1. The zero-order chi connectivity index (χ0) is 14.6. The van der Waals surface area contributed by atoms with Crippen molar-refractivity contribution in [2.75, 3.05) is 19.7 Å². The average molecular weight is 270 g/mol. The van der Waals surface area contributed by atoms with Crippen LogP contribution in [-0.2, 0) is 14.3 Å². The Hall–Kier alpha value is -1.89. The highest BCUT2D eigenvalue weighted by molar-refractivity contribution is 6.07. The van der Waals surface area contributed by atoms with Crippen LogP contribution in [0.25, 0.3) is 0 Å². The van der Waals surface area contributed by atoms with Gasteiger partial charge in [0.1, 0.15) is 0 Å². The summed E-state index contributed by atoms with van der Waals surface area (Å²) in [4.78, 5) is 35.7. The SMILES string of the molecule is CC(C(=O)O)=C(C)C(=O)NC(=O)N1CCOC(C)C1. The molecule has 1 aliphatic heterocycles. The molecule has 0 aromatic carbocycles. The number of carbonyl (C=O) groups excluding carboxylic acids is 2. The van der Waals surface area contributed by atoms with Crippen LogP contribution in [0.1, 0.15) is 20.8 Å². The maximum absolute atomic E-state index is 11.8. The van der Waals surface area contributed by atoms with Crippen molar-refractivity contribution in [3.05, 3.63) is 11.1 Å². The Morgan fingerprint density at radius 1 is 1.26 bits per heavy atom. The molecule has 0 aliphatic carbocycles. The Morgan fingerprint density at radius 2 is 1.89 bits per heavy atom. The summed E-state index contributed by atoms with van der Waals surface area (Å²) < 4.78 is 5.29. The first-order chi connectivity index (χ1) is 8.82. The maximum Gasteiger partial charge on any atom is 0.331 e. The molecule has 0 radical (unpaired) electrons. The molecule has 1 rings (SSSR count). The zero-order valence-electron chi connectivity index (χ0n) is 11.2. The van der Waals surface area contributed by atoms with E-state index in [1.165, 1.54) is 18.7 Å². The molecular weight excluding hydrogens is 252 g/mol. The molecule has 1 atom stereocenters. The van der Waals surface area contributed by atoms with Crippen molar-refractivity contribution in [1.29, 1.82) is 0 Å². The summed E-state index contributed by atoms with van der Waals surface area (Å²) in [6, 6.07) is -0.530. The minimum Gasteiger partial charge on any atom is -0.478 e. The topological polar surface area (TPSA) is 95.9 Å². The standard InChI is InChI=1S/C12H18N2O5/c1-7-6-14(4-5-19-7)12(18)13-10(15)8(2)9(3)11(16)17/h7H,4-6H2,1-3H3,(H,16,17)(H,13,15,18). The second kappa shape index (κ2) is 6.33. The molecule has 2 N–H and O–H groups in total.